The average molecular weight is 168 g/mol. The van der Waals surface area contributed by atoms with Crippen molar-refractivity contribution < 1.29 is 0 Å². The monoisotopic (exact) mass is 168 g/mol. The van der Waals surface area contributed by atoms with E-state index in [2.05, 4.69) is 15.6 Å². The molecule has 58 valence electrons. The lowest BCUT2D eigenvalue weighted by Crippen LogP contribution is -1.89. The predicted molar refractivity (Wildman–Crippen MR) is 45.9 cm³/mol. The van der Waals surface area contributed by atoms with Crippen LogP contribution >= 0.6 is 11.3 Å². The lowest BCUT2D eigenvalue weighted by Gasteiger charge is -1.88. The van der Waals surface area contributed by atoms with E-state index in [1.807, 2.05) is 20.2 Å². The van der Waals surface area contributed by atoms with Crippen LogP contribution in [0.1, 0.15) is 0 Å². The molecule has 0 spiro atoms. The van der Waals surface area contributed by atoms with Gasteiger partial charge in [0.05, 0.1) is 5.00 Å². The molecule has 0 unspecified atom stereocenters. The molecule has 0 saturated heterocycles. The first-order valence-electron chi connectivity index (χ1n) is 3.28. The first-order chi connectivity index (χ1) is 5.31. The summed E-state index contributed by atoms with van der Waals surface area (Å²) in [5.41, 5.74) is 1.08. The number of hydrogen-bond donors (Lipinski definition) is 1. The van der Waals surface area contributed by atoms with Crippen molar-refractivity contribution in [2.24, 2.45) is 7.05 Å². The average Bonchev–Trinajstić information content (AvgIpc) is 2.53. The molecule has 1 N–H and O–H groups in total. The topological polar surface area (TPSA) is 42.7 Å². The Morgan fingerprint density at radius 3 is 3.09 bits per heavy atom. The standard InChI is InChI=1S/C6H8N4S/c1-7-5-3-4-6(11-5)8-9-10(4)2/h3,7H,1-2H3. The largest absolute Gasteiger partial charge is 0.380 e. The van der Waals surface area contributed by atoms with Gasteiger partial charge in [0.1, 0.15) is 5.52 Å². The minimum absolute atomic E-state index is 0.983. The van der Waals surface area contributed by atoms with E-state index in [9.17, 15) is 0 Å². The number of aryl methyl sites for hydroxylation is 1. The number of thiophene rings is 1. The fourth-order valence-corrected chi connectivity index (χ4v) is 1.81. The molecule has 4 nitrogen and oxygen atoms in total. The smallest absolute Gasteiger partial charge is 0.167 e. The lowest BCUT2D eigenvalue weighted by molar-refractivity contribution is 0.736. The van der Waals surface area contributed by atoms with E-state index in [-0.39, 0.29) is 0 Å². The molecule has 0 aliphatic carbocycles. The maximum Gasteiger partial charge on any atom is 0.167 e. The van der Waals surface area contributed by atoms with Gasteiger partial charge in [-0.2, -0.15) is 0 Å². The molecule has 0 bridgehead atoms. The van der Waals surface area contributed by atoms with E-state index in [1.54, 1.807) is 16.0 Å². The molecule has 5 heteroatoms. The van der Waals surface area contributed by atoms with Crippen molar-refractivity contribution in [3.63, 3.8) is 0 Å². The summed E-state index contributed by atoms with van der Waals surface area (Å²) in [7, 11) is 3.79. The van der Waals surface area contributed by atoms with Crippen molar-refractivity contribution in [2.45, 2.75) is 0 Å². The molecule has 0 radical (unpaired) electrons. The van der Waals surface area contributed by atoms with Crippen molar-refractivity contribution in [2.75, 3.05) is 12.4 Å². The van der Waals surface area contributed by atoms with Crippen LogP contribution in [-0.2, 0) is 7.05 Å². The number of rotatable bonds is 1. The van der Waals surface area contributed by atoms with E-state index in [4.69, 9.17) is 0 Å². The van der Waals surface area contributed by atoms with Crippen LogP contribution in [-0.4, -0.2) is 22.0 Å². The second kappa shape index (κ2) is 2.20. The number of nitrogens with one attached hydrogen (secondary N) is 1. The van der Waals surface area contributed by atoms with Crippen LogP contribution in [0, 0.1) is 0 Å². The highest BCUT2D eigenvalue weighted by Gasteiger charge is 2.04. The van der Waals surface area contributed by atoms with Crippen LogP contribution in [0.2, 0.25) is 0 Å². The summed E-state index contributed by atoms with van der Waals surface area (Å²) in [6.45, 7) is 0. The number of fused-ring (bicyclic) bond motifs is 1. The quantitative estimate of drug-likeness (QED) is 0.692. The molecule has 2 heterocycles. The third-order valence-corrected chi connectivity index (χ3v) is 2.58. The van der Waals surface area contributed by atoms with Crippen molar-refractivity contribution in [3.8, 4) is 0 Å². The molecular formula is C6H8N4S. The first-order valence-corrected chi connectivity index (χ1v) is 4.10. The van der Waals surface area contributed by atoms with E-state index in [1.165, 1.54) is 0 Å². The maximum atomic E-state index is 3.98. The lowest BCUT2D eigenvalue weighted by atomic mass is 10.5. The van der Waals surface area contributed by atoms with Gasteiger partial charge in [-0.3, -0.25) is 0 Å². The normalized spacial score (nSPS) is 10.7. The second-order valence-electron chi connectivity index (χ2n) is 2.26. The summed E-state index contributed by atoms with van der Waals surface area (Å²) in [6.07, 6.45) is 0. The van der Waals surface area contributed by atoms with Gasteiger partial charge in [-0.15, -0.1) is 5.10 Å². The minimum Gasteiger partial charge on any atom is -0.380 e. The van der Waals surface area contributed by atoms with E-state index in [0.29, 0.717) is 0 Å². The molecule has 0 aromatic carbocycles. The van der Waals surface area contributed by atoms with Gasteiger partial charge in [0.25, 0.3) is 0 Å². The Hall–Kier alpha value is -1.10. The zero-order valence-electron chi connectivity index (χ0n) is 6.33. The zero-order valence-corrected chi connectivity index (χ0v) is 7.14. The van der Waals surface area contributed by atoms with Gasteiger partial charge >= 0.3 is 0 Å². The summed E-state index contributed by atoms with van der Waals surface area (Å²) in [5.74, 6) is 0. The Bertz CT molecular complexity index is 375. The molecule has 2 aromatic heterocycles. The molecule has 0 saturated carbocycles. The third-order valence-electron chi connectivity index (χ3n) is 1.56. The summed E-state index contributed by atoms with van der Waals surface area (Å²) < 4.78 is 1.77. The SMILES string of the molecule is CNc1cc2c(nnn2C)s1. The number of anilines is 1. The fraction of sp³-hybridized carbons (Fsp3) is 0.333. The molecular weight excluding hydrogens is 160 g/mol. The summed E-state index contributed by atoms with van der Waals surface area (Å²) in [4.78, 5) is 0.983. The summed E-state index contributed by atoms with van der Waals surface area (Å²) in [5, 5.41) is 12.1. The van der Waals surface area contributed by atoms with E-state index in [0.717, 1.165) is 15.3 Å². The van der Waals surface area contributed by atoms with Crippen molar-refractivity contribution in [1.29, 1.82) is 0 Å². The van der Waals surface area contributed by atoms with Gasteiger partial charge in [0.2, 0.25) is 0 Å². The Balaban J connectivity index is 2.70. The van der Waals surface area contributed by atoms with Crippen LogP contribution in [0.3, 0.4) is 0 Å². The predicted octanol–water partition coefficient (Wildman–Crippen LogP) is 1.07. The van der Waals surface area contributed by atoms with E-state index >= 15 is 0 Å². The minimum atomic E-state index is 0.983. The molecule has 0 atom stereocenters. The molecule has 0 aliphatic rings. The highest BCUT2D eigenvalue weighted by atomic mass is 32.1. The molecule has 2 aromatic rings. The van der Waals surface area contributed by atoms with Crippen LogP contribution < -0.4 is 5.32 Å². The molecule has 11 heavy (non-hydrogen) atoms. The fourth-order valence-electron chi connectivity index (χ4n) is 0.954. The maximum absolute atomic E-state index is 3.98. The molecule has 2 rings (SSSR count). The molecule has 0 amide bonds. The van der Waals surface area contributed by atoms with Crippen molar-refractivity contribution in [1.82, 2.24) is 15.0 Å². The highest BCUT2D eigenvalue weighted by Crippen LogP contribution is 2.26. The Kier molecular flexibility index (Phi) is 1.32. The van der Waals surface area contributed by atoms with Gasteiger partial charge < -0.3 is 5.32 Å². The van der Waals surface area contributed by atoms with Crippen molar-refractivity contribution >= 4 is 26.7 Å². The highest BCUT2D eigenvalue weighted by molar-refractivity contribution is 7.22. The van der Waals surface area contributed by atoms with Gasteiger partial charge in [0, 0.05) is 20.2 Å². The van der Waals surface area contributed by atoms with Gasteiger partial charge in [-0.05, 0) is 0 Å². The Morgan fingerprint density at radius 2 is 2.45 bits per heavy atom. The first kappa shape index (κ1) is 6.60. The van der Waals surface area contributed by atoms with Gasteiger partial charge in [-0.1, -0.05) is 16.6 Å². The van der Waals surface area contributed by atoms with Crippen LogP contribution in [0.25, 0.3) is 10.3 Å². The Labute approximate surface area is 67.8 Å². The van der Waals surface area contributed by atoms with Gasteiger partial charge in [-0.25, -0.2) is 4.68 Å². The summed E-state index contributed by atoms with van der Waals surface area (Å²) in [6, 6.07) is 2.04. The second-order valence-corrected chi connectivity index (χ2v) is 3.29. The molecule has 0 aliphatic heterocycles. The zero-order chi connectivity index (χ0) is 7.84. The Morgan fingerprint density at radius 1 is 1.64 bits per heavy atom. The summed E-state index contributed by atoms with van der Waals surface area (Å²) >= 11 is 1.61. The third kappa shape index (κ3) is 0.883. The number of nitrogens with zero attached hydrogens (tertiary/aromatic N) is 3. The van der Waals surface area contributed by atoms with Gasteiger partial charge in [0.15, 0.2) is 4.83 Å². The van der Waals surface area contributed by atoms with Crippen LogP contribution in [0.5, 0.6) is 0 Å². The number of aromatic nitrogens is 3. The molecule has 0 fully saturated rings. The van der Waals surface area contributed by atoms with Crippen molar-refractivity contribution in [3.05, 3.63) is 6.07 Å². The van der Waals surface area contributed by atoms with Crippen LogP contribution in [0.15, 0.2) is 6.07 Å². The van der Waals surface area contributed by atoms with E-state index < -0.39 is 0 Å². The van der Waals surface area contributed by atoms with Crippen LogP contribution in [0.4, 0.5) is 5.00 Å². The number of hydrogen-bond acceptors (Lipinski definition) is 4.